The number of nitrogens with two attached hydrogens (primary N) is 1. The highest BCUT2D eigenvalue weighted by Crippen LogP contribution is 2.24. The Bertz CT molecular complexity index is 428. The summed E-state index contributed by atoms with van der Waals surface area (Å²) in [5, 5.41) is 13.9. The highest BCUT2D eigenvalue weighted by atomic mass is 16.6. The molecule has 1 aliphatic rings. The summed E-state index contributed by atoms with van der Waals surface area (Å²) in [4.78, 5) is 14.2. The molecule has 1 aromatic heterocycles. The molecular formula is C12H18N4O2. The van der Waals surface area contributed by atoms with Crippen molar-refractivity contribution in [2.75, 3.05) is 11.1 Å². The first-order chi connectivity index (χ1) is 8.66. The molecule has 2 rings (SSSR count). The Labute approximate surface area is 106 Å². The highest BCUT2D eigenvalue weighted by molar-refractivity contribution is 5.57. The number of anilines is 2. The molecule has 1 fully saturated rings. The number of hydrogen-bond acceptors (Lipinski definition) is 5. The van der Waals surface area contributed by atoms with E-state index in [1.807, 2.05) is 0 Å². The summed E-state index contributed by atoms with van der Waals surface area (Å²) in [6, 6.07) is 3.43. The van der Waals surface area contributed by atoms with Crippen LogP contribution in [-0.2, 0) is 0 Å². The Morgan fingerprint density at radius 2 is 1.94 bits per heavy atom. The van der Waals surface area contributed by atoms with Gasteiger partial charge in [-0.25, -0.2) is 4.98 Å². The summed E-state index contributed by atoms with van der Waals surface area (Å²) in [6.07, 6.45) is 7.26. The lowest BCUT2D eigenvalue weighted by Crippen LogP contribution is -2.19. The summed E-state index contributed by atoms with van der Waals surface area (Å²) in [7, 11) is 0. The van der Waals surface area contributed by atoms with Gasteiger partial charge in [-0.15, -0.1) is 0 Å². The van der Waals surface area contributed by atoms with Gasteiger partial charge < -0.3 is 11.1 Å². The third-order valence-corrected chi connectivity index (χ3v) is 3.31. The molecule has 6 heteroatoms. The number of nitro groups is 1. The fourth-order valence-corrected chi connectivity index (χ4v) is 2.34. The third-order valence-electron chi connectivity index (χ3n) is 3.31. The molecule has 0 atom stereocenters. The van der Waals surface area contributed by atoms with Crippen LogP contribution in [-0.4, -0.2) is 15.9 Å². The van der Waals surface area contributed by atoms with Crippen LogP contribution in [0.3, 0.4) is 0 Å². The normalized spacial score (nSPS) is 17.1. The predicted molar refractivity (Wildman–Crippen MR) is 70.4 cm³/mol. The maximum absolute atomic E-state index is 10.6. The number of nitrogens with zero attached hydrogens (tertiary/aromatic N) is 2. The Hall–Kier alpha value is -1.85. The molecule has 1 heterocycles. The van der Waals surface area contributed by atoms with Crippen LogP contribution < -0.4 is 11.1 Å². The van der Waals surface area contributed by atoms with Crippen molar-refractivity contribution in [1.82, 2.24) is 4.98 Å². The van der Waals surface area contributed by atoms with Crippen molar-refractivity contribution in [3.63, 3.8) is 0 Å². The highest BCUT2D eigenvalue weighted by Gasteiger charge is 2.16. The van der Waals surface area contributed by atoms with E-state index in [1.165, 1.54) is 31.7 Å². The summed E-state index contributed by atoms with van der Waals surface area (Å²) >= 11 is 0. The quantitative estimate of drug-likeness (QED) is 0.488. The number of hydrogen-bond donors (Lipinski definition) is 2. The number of pyridine rings is 1. The first-order valence-electron chi connectivity index (χ1n) is 6.34. The minimum Gasteiger partial charge on any atom is -0.378 e. The van der Waals surface area contributed by atoms with E-state index in [2.05, 4.69) is 10.3 Å². The fourth-order valence-electron chi connectivity index (χ4n) is 2.34. The minimum atomic E-state index is -0.516. The van der Waals surface area contributed by atoms with E-state index in [4.69, 9.17) is 5.73 Å². The molecule has 0 radical (unpaired) electrons. The first kappa shape index (κ1) is 12.6. The standard InChI is InChI=1S/C12H18N4O2/c13-12-10(16(17)18)7-8-11(15-12)14-9-5-3-1-2-4-6-9/h7-9H,1-6H2,(H3,13,14,15). The van der Waals surface area contributed by atoms with Crippen molar-refractivity contribution in [3.8, 4) is 0 Å². The van der Waals surface area contributed by atoms with Crippen LogP contribution in [0.2, 0.25) is 0 Å². The Kier molecular flexibility index (Phi) is 3.96. The van der Waals surface area contributed by atoms with Gasteiger partial charge in [0.25, 0.3) is 0 Å². The average Bonchev–Trinajstić information content (AvgIpc) is 2.57. The van der Waals surface area contributed by atoms with E-state index in [9.17, 15) is 10.1 Å². The lowest BCUT2D eigenvalue weighted by atomic mass is 10.1. The van der Waals surface area contributed by atoms with E-state index in [1.54, 1.807) is 6.07 Å². The van der Waals surface area contributed by atoms with E-state index in [-0.39, 0.29) is 11.5 Å². The summed E-state index contributed by atoms with van der Waals surface area (Å²) < 4.78 is 0. The van der Waals surface area contributed by atoms with Gasteiger partial charge in [-0.2, -0.15) is 0 Å². The molecule has 0 unspecified atom stereocenters. The van der Waals surface area contributed by atoms with Gasteiger partial charge in [-0.1, -0.05) is 25.7 Å². The molecule has 0 saturated heterocycles. The largest absolute Gasteiger partial charge is 0.378 e. The van der Waals surface area contributed by atoms with Gasteiger partial charge in [0, 0.05) is 12.1 Å². The van der Waals surface area contributed by atoms with Crippen LogP contribution in [0.5, 0.6) is 0 Å². The van der Waals surface area contributed by atoms with Gasteiger partial charge in [-0.3, -0.25) is 10.1 Å². The number of aromatic nitrogens is 1. The smallest absolute Gasteiger partial charge is 0.311 e. The number of nitrogen functional groups attached to an aromatic ring is 1. The van der Waals surface area contributed by atoms with Crippen LogP contribution >= 0.6 is 0 Å². The maximum Gasteiger partial charge on any atom is 0.311 e. The van der Waals surface area contributed by atoms with Crippen LogP contribution in [0.15, 0.2) is 12.1 Å². The van der Waals surface area contributed by atoms with Gasteiger partial charge in [0.15, 0.2) is 0 Å². The molecule has 0 aliphatic heterocycles. The summed E-state index contributed by atoms with van der Waals surface area (Å²) in [5.41, 5.74) is 5.43. The van der Waals surface area contributed by atoms with Crippen molar-refractivity contribution >= 4 is 17.3 Å². The number of nitrogens with one attached hydrogen (secondary N) is 1. The van der Waals surface area contributed by atoms with Crippen molar-refractivity contribution in [1.29, 1.82) is 0 Å². The molecular weight excluding hydrogens is 232 g/mol. The molecule has 18 heavy (non-hydrogen) atoms. The van der Waals surface area contributed by atoms with Crippen LogP contribution in [0.4, 0.5) is 17.3 Å². The van der Waals surface area contributed by atoms with Gasteiger partial charge in [0.05, 0.1) is 4.92 Å². The molecule has 0 aromatic carbocycles. The Morgan fingerprint density at radius 3 is 2.50 bits per heavy atom. The van der Waals surface area contributed by atoms with Crippen molar-refractivity contribution in [2.45, 2.75) is 44.6 Å². The molecule has 0 spiro atoms. The average molecular weight is 250 g/mol. The summed E-state index contributed by atoms with van der Waals surface area (Å²) in [6.45, 7) is 0. The molecule has 98 valence electrons. The van der Waals surface area contributed by atoms with Gasteiger partial charge in [0.1, 0.15) is 5.82 Å². The SMILES string of the molecule is Nc1nc(NC2CCCCCC2)ccc1[N+](=O)[O-]. The van der Waals surface area contributed by atoms with E-state index in [0.717, 1.165) is 12.8 Å². The van der Waals surface area contributed by atoms with Crippen LogP contribution in [0, 0.1) is 10.1 Å². The van der Waals surface area contributed by atoms with Gasteiger partial charge in [0.2, 0.25) is 5.82 Å². The monoisotopic (exact) mass is 250 g/mol. The maximum atomic E-state index is 10.6. The predicted octanol–water partition coefficient (Wildman–Crippen LogP) is 2.71. The Balaban J connectivity index is 2.05. The molecule has 1 aliphatic carbocycles. The van der Waals surface area contributed by atoms with E-state index >= 15 is 0 Å². The lowest BCUT2D eigenvalue weighted by Gasteiger charge is -2.16. The zero-order chi connectivity index (χ0) is 13.0. The molecule has 0 amide bonds. The molecule has 6 nitrogen and oxygen atoms in total. The van der Waals surface area contributed by atoms with Crippen molar-refractivity contribution in [2.24, 2.45) is 0 Å². The lowest BCUT2D eigenvalue weighted by molar-refractivity contribution is -0.384. The molecule has 1 saturated carbocycles. The second-order valence-corrected chi connectivity index (χ2v) is 4.69. The minimum absolute atomic E-state index is 0.0291. The number of rotatable bonds is 3. The second-order valence-electron chi connectivity index (χ2n) is 4.69. The van der Waals surface area contributed by atoms with Gasteiger partial charge >= 0.3 is 5.69 Å². The van der Waals surface area contributed by atoms with E-state index < -0.39 is 4.92 Å². The fraction of sp³-hybridized carbons (Fsp3) is 0.583. The zero-order valence-electron chi connectivity index (χ0n) is 10.3. The molecule has 0 bridgehead atoms. The van der Waals surface area contributed by atoms with Crippen molar-refractivity contribution < 1.29 is 4.92 Å². The third kappa shape index (κ3) is 3.09. The Morgan fingerprint density at radius 1 is 1.28 bits per heavy atom. The van der Waals surface area contributed by atoms with Crippen LogP contribution in [0.25, 0.3) is 0 Å². The van der Waals surface area contributed by atoms with E-state index in [0.29, 0.717) is 11.9 Å². The van der Waals surface area contributed by atoms with Crippen LogP contribution in [0.1, 0.15) is 38.5 Å². The first-order valence-corrected chi connectivity index (χ1v) is 6.34. The second kappa shape index (κ2) is 5.66. The van der Waals surface area contributed by atoms with Gasteiger partial charge in [-0.05, 0) is 18.9 Å². The summed E-state index contributed by atoms with van der Waals surface area (Å²) in [5.74, 6) is 0.601. The van der Waals surface area contributed by atoms with Crippen molar-refractivity contribution in [3.05, 3.63) is 22.2 Å². The zero-order valence-corrected chi connectivity index (χ0v) is 10.3. The molecule has 3 N–H and O–H groups in total. The topological polar surface area (TPSA) is 94.1 Å². The molecule has 1 aromatic rings.